The highest BCUT2D eigenvalue weighted by atomic mass is 35.5. The second-order valence-corrected chi connectivity index (χ2v) is 6.15. The standard InChI is InChI=1S/C13H20N2OS.ClH/c1-8-3-4-11-10(5-8)6-12(17-11)13(16)15-9(2)7-14;/h6,8-9H,3-5,7,14H2,1-2H3,(H,15,16);1H/t8?,9-;/m0./s1. The Morgan fingerprint density at radius 2 is 2.39 bits per heavy atom. The lowest BCUT2D eigenvalue weighted by Gasteiger charge is -2.16. The number of rotatable bonds is 3. The molecule has 1 amide bonds. The molecule has 102 valence electrons. The second-order valence-electron chi connectivity index (χ2n) is 5.02. The molecule has 0 radical (unpaired) electrons. The summed E-state index contributed by atoms with van der Waals surface area (Å²) < 4.78 is 0. The zero-order valence-corrected chi connectivity index (χ0v) is 12.5. The average molecular weight is 289 g/mol. The number of amides is 1. The lowest BCUT2D eigenvalue weighted by Crippen LogP contribution is -2.37. The van der Waals surface area contributed by atoms with Crippen LogP contribution in [0.4, 0.5) is 0 Å². The van der Waals surface area contributed by atoms with Crippen molar-refractivity contribution >= 4 is 29.7 Å². The fourth-order valence-electron chi connectivity index (χ4n) is 2.17. The van der Waals surface area contributed by atoms with E-state index in [0.29, 0.717) is 6.54 Å². The quantitative estimate of drug-likeness (QED) is 0.897. The first-order valence-corrected chi connectivity index (χ1v) is 7.04. The molecule has 1 unspecified atom stereocenters. The molecule has 1 aromatic heterocycles. The van der Waals surface area contributed by atoms with Gasteiger partial charge in [-0.3, -0.25) is 4.79 Å². The molecule has 0 bridgehead atoms. The van der Waals surface area contributed by atoms with E-state index in [9.17, 15) is 4.79 Å². The number of aryl methyl sites for hydroxylation is 1. The third-order valence-corrected chi connectivity index (χ3v) is 4.52. The van der Waals surface area contributed by atoms with E-state index < -0.39 is 0 Å². The summed E-state index contributed by atoms with van der Waals surface area (Å²) in [6.45, 7) is 4.68. The van der Waals surface area contributed by atoms with Crippen molar-refractivity contribution in [1.29, 1.82) is 0 Å². The van der Waals surface area contributed by atoms with Crippen molar-refractivity contribution in [1.82, 2.24) is 5.32 Å². The molecule has 3 N–H and O–H groups in total. The van der Waals surface area contributed by atoms with Gasteiger partial charge < -0.3 is 11.1 Å². The summed E-state index contributed by atoms with van der Waals surface area (Å²) >= 11 is 1.65. The highest BCUT2D eigenvalue weighted by Crippen LogP contribution is 2.32. The largest absolute Gasteiger partial charge is 0.348 e. The van der Waals surface area contributed by atoms with Gasteiger partial charge in [-0.1, -0.05) is 6.92 Å². The summed E-state index contributed by atoms with van der Waals surface area (Å²) in [5.41, 5.74) is 6.88. The minimum atomic E-state index is 0. The first kappa shape index (κ1) is 15.5. The van der Waals surface area contributed by atoms with Crippen molar-refractivity contribution in [2.75, 3.05) is 6.54 Å². The van der Waals surface area contributed by atoms with Crippen molar-refractivity contribution in [2.45, 2.75) is 39.2 Å². The maximum Gasteiger partial charge on any atom is 0.261 e. The Morgan fingerprint density at radius 3 is 3.06 bits per heavy atom. The van der Waals surface area contributed by atoms with Crippen molar-refractivity contribution < 1.29 is 4.79 Å². The van der Waals surface area contributed by atoms with Crippen LogP contribution in [-0.4, -0.2) is 18.5 Å². The molecule has 0 saturated carbocycles. The van der Waals surface area contributed by atoms with E-state index in [4.69, 9.17) is 5.73 Å². The van der Waals surface area contributed by atoms with Crippen LogP contribution < -0.4 is 11.1 Å². The van der Waals surface area contributed by atoms with Gasteiger partial charge in [0.1, 0.15) is 0 Å². The summed E-state index contributed by atoms with van der Waals surface area (Å²) in [6.07, 6.45) is 3.49. The number of fused-ring (bicyclic) bond motifs is 1. The van der Waals surface area contributed by atoms with Crippen LogP contribution in [0.3, 0.4) is 0 Å². The first-order valence-electron chi connectivity index (χ1n) is 6.22. The molecule has 1 heterocycles. The summed E-state index contributed by atoms with van der Waals surface area (Å²) in [5.74, 6) is 0.769. The molecule has 0 aliphatic heterocycles. The smallest absolute Gasteiger partial charge is 0.261 e. The van der Waals surface area contributed by atoms with E-state index in [0.717, 1.165) is 23.6 Å². The van der Waals surface area contributed by atoms with Gasteiger partial charge in [0.25, 0.3) is 5.91 Å². The summed E-state index contributed by atoms with van der Waals surface area (Å²) in [6, 6.07) is 2.11. The number of halogens is 1. The van der Waals surface area contributed by atoms with Gasteiger partial charge in [-0.2, -0.15) is 0 Å². The molecular formula is C13H21ClN2OS. The maximum absolute atomic E-state index is 12.0. The summed E-state index contributed by atoms with van der Waals surface area (Å²) in [5, 5.41) is 2.91. The fourth-order valence-corrected chi connectivity index (χ4v) is 3.28. The van der Waals surface area contributed by atoms with E-state index in [1.54, 1.807) is 11.3 Å². The number of hydrogen-bond acceptors (Lipinski definition) is 3. The Hall–Kier alpha value is -0.580. The van der Waals surface area contributed by atoms with E-state index in [-0.39, 0.29) is 24.4 Å². The highest BCUT2D eigenvalue weighted by Gasteiger charge is 2.20. The van der Waals surface area contributed by atoms with E-state index in [2.05, 4.69) is 18.3 Å². The predicted octanol–water partition coefficient (Wildman–Crippen LogP) is 2.37. The lowest BCUT2D eigenvalue weighted by atomic mass is 9.90. The molecule has 2 atom stereocenters. The topological polar surface area (TPSA) is 55.1 Å². The number of nitrogens with one attached hydrogen (secondary N) is 1. The van der Waals surface area contributed by atoms with Gasteiger partial charge in [-0.05, 0) is 43.7 Å². The van der Waals surface area contributed by atoms with Gasteiger partial charge in [-0.25, -0.2) is 0 Å². The number of nitrogens with two attached hydrogens (primary N) is 1. The Morgan fingerprint density at radius 1 is 1.67 bits per heavy atom. The summed E-state index contributed by atoms with van der Waals surface area (Å²) in [4.78, 5) is 14.2. The van der Waals surface area contributed by atoms with Crippen molar-refractivity contribution in [3.63, 3.8) is 0 Å². The molecule has 1 aliphatic carbocycles. The van der Waals surface area contributed by atoms with Gasteiger partial charge in [0.2, 0.25) is 0 Å². The number of carbonyl (C=O) groups is 1. The molecule has 1 aromatic rings. The van der Waals surface area contributed by atoms with Crippen LogP contribution in [0.5, 0.6) is 0 Å². The van der Waals surface area contributed by atoms with E-state index in [1.807, 2.05) is 6.92 Å². The van der Waals surface area contributed by atoms with Gasteiger partial charge in [0, 0.05) is 17.5 Å². The van der Waals surface area contributed by atoms with Crippen LogP contribution in [0, 0.1) is 5.92 Å². The Labute approximate surface area is 119 Å². The Balaban J connectivity index is 0.00000162. The minimum absolute atomic E-state index is 0. The zero-order chi connectivity index (χ0) is 12.4. The van der Waals surface area contributed by atoms with Crippen LogP contribution in [0.2, 0.25) is 0 Å². The molecule has 18 heavy (non-hydrogen) atoms. The van der Waals surface area contributed by atoms with Crippen LogP contribution >= 0.6 is 23.7 Å². The summed E-state index contributed by atoms with van der Waals surface area (Å²) in [7, 11) is 0. The molecule has 0 spiro atoms. The number of carbonyl (C=O) groups excluding carboxylic acids is 1. The van der Waals surface area contributed by atoms with Gasteiger partial charge >= 0.3 is 0 Å². The first-order chi connectivity index (χ1) is 8.10. The third-order valence-electron chi connectivity index (χ3n) is 3.28. The maximum atomic E-state index is 12.0. The second kappa shape index (κ2) is 6.55. The highest BCUT2D eigenvalue weighted by molar-refractivity contribution is 7.14. The third kappa shape index (κ3) is 3.46. The average Bonchev–Trinajstić information content (AvgIpc) is 2.71. The van der Waals surface area contributed by atoms with Crippen molar-refractivity contribution in [3.8, 4) is 0 Å². The molecular weight excluding hydrogens is 268 g/mol. The molecule has 0 saturated heterocycles. The lowest BCUT2D eigenvalue weighted by molar-refractivity contribution is 0.0945. The van der Waals surface area contributed by atoms with Crippen LogP contribution in [0.25, 0.3) is 0 Å². The predicted molar refractivity (Wildman–Crippen MR) is 78.7 cm³/mol. The van der Waals surface area contributed by atoms with Gasteiger partial charge in [-0.15, -0.1) is 23.7 Å². The Bertz CT molecular complexity index is 419. The van der Waals surface area contributed by atoms with E-state index in [1.165, 1.54) is 16.9 Å². The van der Waals surface area contributed by atoms with Gasteiger partial charge in [0.15, 0.2) is 0 Å². The molecule has 2 rings (SSSR count). The number of thiophene rings is 1. The van der Waals surface area contributed by atoms with E-state index >= 15 is 0 Å². The van der Waals surface area contributed by atoms with Crippen molar-refractivity contribution in [2.24, 2.45) is 11.7 Å². The number of hydrogen-bond donors (Lipinski definition) is 2. The monoisotopic (exact) mass is 288 g/mol. The molecule has 5 heteroatoms. The SMILES string of the molecule is CC1CCc2sc(C(=O)N[C@@H](C)CN)cc2C1.Cl. The van der Waals surface area contributed by atoms with Crippen LogP contribution in [0.1, 0.15) is 40.4 Å². The van der Waals surface area contributed by atoms with Gasteiger partial charge in [0.05, 0.1) is 4.88 Å². The Kier molecular flexibility index (Phi) is 5.63. The van der Waals surface area contributed by atoms with Crippen LogP contribution in [0.15, 0.2) is 6.07 Å². The molecule has 1 aliphatic rings. The fraction of sp³-hybridized carbons (Fsp3) is 0.615. The van der Waals surface area contributed by atoms with Crippen LogP contribution in [-0.2, 0) is 12.8 Å². The minimum Gasteiger partial charge on any atom is -0.348 e. The normalized spacial score (nSPS) is 19.6. The molecule has 3 nitrogen and oxygen atoms in total. The molecule has 0 aromatic carbocycles. The zero-order valence-electron chi connectivity index (χ0n) is 10.9. The van der Waals surface area contributed by atoms with Crippen molar-refractivity contribution in [3.05, 3.63) is 21.4 Å². The molecule has 0 fully saturated rings.